The molecule has 4 heteroatoms. The molecule has 3 rings (SSSR count). The molecule has 1 saturated heterocycles. The Bertz CT molecular complexity index is 557. The maximum absolute atomic E-state index is 12.3. The van der Waals surface area contributed by atoms with Gasteiger partial charge >= 0.3 is 0 Å². The van der Waals surface area contributed by atoms with Gasteiger partial charge in [0.2, 0.25) is 0 Å². The van der Waals surface area contributed by atoms with Crippen LogP contribution in [0.3, 0.4) is 0 Å². The Labute approximate surface area is 112 Å². The number of benzene rings is 1. The van der Waals surface area contributed by atoms with Gasteiger partial charge in [-0.1, -0.05) is 18.2 Å². The first kappa shape index (κ1) is 12.1. The van der Waals surface area contributed by atoms with E-state index in [1.165, 1.54) is 0 Å². The molecule has 0 amide bonds. The van der Waals surface area contributed by atoms with E-state index >= 15 is 0 Å². The highest BCUT2D eigenvalue weighted by molar-refractivity contribution is 5.97. The van der Waals surface area contributed by atoms with Gasteiger partial charge < -0.3 is 4.74 Å². The fourth-order valence-corrected chi connectivity index (χ4v) is 2.37. The van der Waals surface area contributed by atoms with E-state index in [1.807, 2.05) is 36.5 Å². The smallest absolute Gasteiger partial charge is 0.169 e. The fourth-order valence-electron chi connectivity index (χ4n) is 2.37. The molecule has 98 valence electrons. The highest BCUT2D eigenvalue weighted by Gasteiger charge is 2.23. The number of hydrogen-bond donors (Lipinski definition) is 0. The molecule has 1 aromatic heterocycles. The molecule has 0 atom stereocenters. The van der Waals surface area contributed by atoms with Gasteiger partial charge in [-0.15, -0.1) is 0 Å². The second kappa shape index (κ2) is 5.36. The van der Waals surface area contributed by atoms with E-state index in [2.05, 4.69) is 5.10 Å². The molecule has 1 aliphatic rings. The summed E-state index contributed by atoms with van der Waals surface area (Å²) in [6, 6.07) is 9.81. The number of carbonyl (C=O) groups is 1. The van der Waals surface area contributed by atoms with Crippen LogP contribution in [0.4, 0.5) is 0 Å². The summed E-state index contributed by atoms with van der Waals surface area (Å²) >= 11 is 0. The maximum atomic E-state index is 12.3. The summed E-state index contributed by atoms with van der Waals surface area (Å²) in [5, 5.41) is 4.27. The number of Topliss-reactive ketones (excluding diaryl/α,β-unsaturated/α-hetero) is 1. The summed E-state index contributed by atoms with van der Waals surface area (Å²) in [6.07, 6.45) is 5.10. The van der Waals surface area contributed by atoms with Crippen molar-refractivity contribution in [3.8, 4) is 5.69 Å². The average molecular weight is 256 g/mol. The van der Waals surface area contributed by atoms with Gasteiger partial charge in [0.25, 0.3) is 0 Å². The van der Waals surface area contributed by atoms with E-state index < -0.39 is 0 Å². The van der Waals surface area contributed by atoms with Crippen LogP contribution < -0.4 is 0 Å². The lowest BCUT2D eigenvalue weighted by atomic mass is 9.92. The van der Waals surface area contributed by atoms with E-state index in [0.717, 1.165) is 18.5 Å². The molecule has 0 spiro atoms. The number of para-hydroxylation sites is 1. The molecule has 1 aliphatic heterocycles. The highest BCUT2D eigenvalue weighted by atomic mass is 16.5. The molecule has 0 N–H and O–H groups in total. The van der Waals surface area contributed by atoms with Gasteiger partial charge in [-0.05, 0) is 25.0 Å². The van der Waals surface area contributed by atoms with Crippen LogP contribution in [0.2, 0.25) is 0 Å². The van der Waals surface area contributed by atoms with Gasteiger partial charge in [-0.2, -0.15) is 5.10 Å². The fraction of sp³-hybridized carbons (Fsp3) is 0.333. The minimum absolute atomic E-state index is 0.0853. The monoisotopic (exact) mass is 256 g/mol. The van der Waals surface area contributed by atoms with Crippen LogP contribution in [-0.2, 0) is 4.74 Å². The Morgan fingerprint density at radius 1 is 1.21 bits per heavy atom. The Kier molecular flexibility index (Phi) is 3.42. The zero-order valence-electron chi connectivity index (χ0n) is 10.7. The van der Waals surface area contributed by atoms with E-state index in [1.54, 1.807) is 10.9 Å². The lowest BCUT2D eigenvalue weighted by molar-refractivity contribution is 0.0545. The van der Waals surface area contributed by atoms with Crippen LogP contribution in [0.5, 0.6) is 0 Å². The number of hydrogen-bond acceptors (Lipinski definition) is 3. The normalized spacial score (nSPS) is 16.4. The summed E-state index contributed by atoms with van der Waals surface area (Å²) < 4.78 is 7.03. The number of carbonyl (C=O) groups excluding carboxylic acids is 1. The molecular weight excluding hydrogens is 240 g/mol. The summed E-state index contributed by atoms with van der Waals surface area (Å²) in [5.74, 6) is 0.271. The van der Waals surface area contributed by atoms with Gasteiger partial charge in [-0.25, -0.2) is 4.68 Å². The Morgan fingerprint density at radius 3 is 2.68 bits per heavy atom. The van der Waals surface area contributed by atoms with Crippen molar-refractivity contribution in [1.82, 2.24) is 9.78 Å². The lowest BCUT2D eigenvalue weighted by Crippen LogP contribution is -2.23. The Balaban J connectivity index is 1.79. The minimum Gasteiger partial charge on any atom is -0.381 e. The van der Waals surface area contributed by atoms with Crippen LogP contribution in [0.25, 0.3) is 5.69 Å². The Morgan fingerprint density at radius 2 is 1.95 bits per heavy atom. The molecule has 2 aromatic rings. The molecule has 1 fully saturated rings. The first-order valence-corrected chi connectivity index (χ1v) is 6.56. The van der Waals surface area contributed by atoms with Gasteiger partial charge in [0.1, 0.15) is 0 Å². The van der Waals surface area contributed by atoms with Crippen molar-refractivity contribution >= 4 is 5.78 Å². The average Bonchev–Trinajstić information content (AvgIpc) is 2.98. The molecular formula is C15H16N2O2. The van der Waals surface area contributed by atoms with E-state index in [9.17, 15) is 4.79 Å². The summed E-state index contributed by atoms with van der Waals surface area (Å²) in [4.78, 5) is 12.3. The number of rotatable bonds is 3. The third-order valence-electron chi connectivity index (χ3n) is 3.48. The van der Waals surface area contributed by atoms with Crippen molar-refractivity contribution in [2.45, 2.75) is 12.8 Å². The second-order valence-electron chi connectivity index (χ2n) is 4.76. The van der Waals surface area contributed by atoms with Crippen molar-refractivity contribution in [2.24, 2.45) is 5.92 Å². The molecule has 0 radical (unpaired) electrons. The molecule has 0 aliphatic carbocycles. The van der Waals surface area contributed by atoms with Crippen LogP contribution >= 0.6 is 0 Å². The second-order valence-corrected chi connectivity index (χ2v) is 4.76. The summed E-state index contributed by atoms with van der Waals surface area (Å²) in [5.41, 5.74) is 1.66. The Hall–Kier alpha value is -1.94. The molecule has 2 heterocycles. The number of aromatic nitrogens is 2. The van der Waals surface area contributed by atoms with Crippen LogP contribution in [-0.4, -0.2) is 28.8 Å². The topological polar surface area (TPSA) is 44.1 Å². The first-order valence-electron chi connectivity index (χ1n) is 6.56. The minimum atomic E-state index is 0.0853. The van der Waals surface area contributed by atoms with Gasteiger partial charge in [0.05, 0.1) is 17.4 Å². The standard InChI is InChI=1S/C15H16N2O2/c18-15(12-6-8-19-9-7-12)13-10-16-17(11-13)14-4-2-1-3-5-14/h1-5,10-12H,6-9H2. The molecule has 4 nitrogen and oxygen atoms in total. The largest absolute Gasteiger partial charge is 0.381 e. The zero-order chi connectivity index (χ0) is 13.1. The van der Waals surface area contributed by atoms with Crippen molar-refractivity contribution in [2.75, 3.05) is 13.2 Å². The highest BCUT2D eigenvalue weighted by Crippen LogP contribution is 2.20. The summed E-state index contributed by atoms with van der Waals surface area (Å²) in [6.45, 7) is 1.37. The van der Waals surface area contributed by atoms with Crippen LogP contribution in [0.1, 0.15) is 23.2 Å². The number of ether oxygens (including phenoxy) is 1. The van der Waals surface area contributed by atoms with Crippen LogP contribution in [0, 0.1) is 5.92 Å². The number of ketones is 1. The molecule has 19 heavy (non-hydrogen) atoms. The predicted molar refractivity (Wildman–Crippen MR) is 71.4 cm³/mol. The van der Waals surface area contributed by atoms with E-state index in [0.29, 0.717) is 18.8 Å². The quantitative estimate of drug-likeness (QED) is 0.792. The molecule has 0 saturated carbocycles. The van der Waals surface area contributed by atoms with Crippen LogP contribution in [0.15, 0.2) is 42.7 Å². The van der Waals surface area contributed by atoms with E-state index in [4.69, 9.17) is 4.74 Å². The molecule has 1 aromatic carbocycles. The van der Waals surface area contributed by atoms with Gasteiger partial charge in [-0.3, -0.25) is 4.79 Å². The van der Waals surface area contributed by atoms with Crippen molar-refractivity contribution in [3.63, 3.8) is 0 Å². The van der Waals surface area contributed by atoms with Crippen molar-refractivity contribution in [1.29, 1.82) is 0 Å². The summed E-state index contributed by atoms with van der Waals surface area (Å²) in [7, 11) is 0. The zero-order valence-corrected chi connectivity index (χ0v) is 10.7. The van der Waals surface area contributed by atoms with E-state index in [-0.39, 0.29) is 11.7 Å². The van der Waals surface area contributed by atoms with Gasteiger partial charge in [0.15, 0.2) is 5.78 Å². The van der Waals surface area contributed by atoms with Crippen molar-refractivity contribution < 1.29 is 9.53 Å². The SMILES string of the molecule is O=C(c1cnn(-c2ccccc2)c1)C1CCOCC1. The molecule has 0 bridgehead atoms. The predicted octanol–water partition coefficient (Wildman–Crippen LogP) is 2.48. The third kappa shape index (κ3) is 2.58. The third-order valence-corrected chi connectivity index (χ3v) is 3.48. The number of nitrogens with zero attached hydrogens (tertiary/aromatic N) is 2. The molecule has 0 unspecified atom stereocenters. The lowest BCUT2D eigenvalue weighted by Gasteiger charge is -2.19. The van der Waals surface area contributed by atoms with Gasteiger partial charge in [0, 0.05) is 25.3 Å². The first-order chi connectivity index (χ1) is 9.34. The maximum Gasteiger partial charge on any atom is 0.169 e. The van der Waals surface area contributed by atoms with Crippen molar-refractivity contribution in [3.05, 3.63) is 48.3 Å².